The summed E-state index contributed by atoms with van der Waals surface area (Å²) in [5, 5.41) is 12.1. The van der Waals surface area contributed by atoms with Gasteiger partial charge in [0.25, 0.3) is 5.91 Å². The average Bonchev–Trinajstić information content (AvgIpc) is 3.37. The van der Waals surface area contributed by atoms with Gasteiger partial charge in [0, 0.05) is 32.3 Å². The second kappa shape index (κ2) is 8.31. The molecule has 0 unspecified atom stereocenters. The molecule has 1 aromatic carbocycles. The minimum Gasteiger partial charge on any atom is -0.383 e. The van der Waals surface area contributed by atoms with Gasteiger partial charge in [0.05, 0.1) is 41.5 Å². The van der Waals surface area contributed by atoms with Crippen molar-refractivity contribution in [2.24, 2.45) is 0 Å². The maximum Gasteiger partial charge on any atom is 0.417 e. The van der Waals surface area contributed by atoms with Crippen LogP contribution in [0.1, 0.15) is 27.3 Å². The lowest BCUT2D eigenvalue weighted by Gasteiger charge is -2.27. The van der Waals surface area contributed by atoms with Crippen molar-refractivity contribution in [2.45, 2.75) is 25.7 Å². The molecule has 12 heteroatoms. The smallest absolute Gasteiger partial charge is 0.383 e. The molecule has 0 saturated heterocycles. The molecule has 0 fully saturated rings. The molecule has 2 aromatic heterocycles. The van der Waals surface area contributed by atoms with Gasteiger partial charge in [0.1, 0.15) is 5.69 Å². The van der Waals surface area contributed by atoms with Gasteiger partial charge in [-0.1, -0.05) is 22.9 Å². The van der Waals surface area contributed by atoms with Crippen LogP contribution >= 0.6 is 11.6 Å². The highest BCUT2D eigenvalue weighted by molar-refractivity contribution is 6.34. The van der Waals surface area contributed by atoms with Crippen molar-refractivity contribution >= 4 is 17.5 Å². The number of carbonyl (C=O) groups is 1. The number of hydrogen-bond donors (Lipinski definition) is 0. The molecule has 1 aliphatic rings. The molecule has 4 rings (SSSR count). The van der Waals surface area contributed by atoms with Crippen molar-refractivity contribution in [3.05, 3.63) is 58.0 Å². The molecule has 0 saturated carbocycles. The van der Waals surface area contributed by atoms with Gasteiger partial charge in [0.2, 0.25) is 0 Å². The largest absolute Gasteiger partial charge is 0.417 e. The van der Waals surface area contributed by atoms with Crippen molar-refractivity contribution in [3.63, 3.8) is 0 Å². The van der Waals surface area contributed by atoms with Gasteiger partial charge in [0.15, 0.2) is 5.82 Å². The predicted molar refractivity (Wildman–Crippen MR) is 104 cm³/mol. The molecule has 3 aromatic rings. The van der Waals surface area contributed by atoms with Crippen molar-refractivity contribution in [3.8, 4) is 5.82 Å². The quantitative estimate of drug-likeness (QED) is 0.592. The van der Waals surface area contributed by atoms with Gasteiger partial charge >= 0.3 is 6.18 Å². The number of rotatable bonds is 5. The molecule has 164 valence electrons. The molecule has 8 nitrogen and oxygen atoms in total. The molecule has 0 aliphatic carbocycles. The summed E-state index contributed by atoms with van der Waals surface area (Å²) in [6.45, 7) is 1.51. The van der Waals surface area contributed by atoms with Crippen LogP contribution in [0.5, 0.6) is 0 Å². The number of aromatic nitrogens is 5. The first kappa shape index (κ1) is 21.3. The molecule has 0 radical (unpaired) electrons. The summed E-state index contributed by atoms with van der Waals surface area (Å²) in [7, 11) is 1.61. The first-order valence-electron chi connectivity index (χ1n) is 9.41. The van der Waals surface area contributed by atoms with Gasteiger partial charge in [-0.15, -0.1) is 5.10 Å². The molecule has 3 heterocycles. The minimum absolute atomic E-state index is 0.116. The minimum atomic E-state index is -4.64. The first-order valence-corrected chi connectivity index (χ1v) is 9.78. The highest BCUT2D eigenvalue weighted by atomic mass is 35.5. The lowest BCUT2D eigenvalue weighted by Crippen LogP contribution is -2.36. The fourth-order valence-electron chi connectivity index (χ4n) is 3.42. The second-order valence-corrected chi connectivity index (χ2v) is 7.34. The van der Waals surface area contributed by atoms with E-state index in [1.807, 2.05) is 0 Å². The highest BCUT2D eigenvalue weighted by Gasteiger charge is 2.36. The van der Waals surface area contributed by atoms with E-state index < -0.39 is 22.7 Å². The summed E-state index contributed by atoms with van der Waals surface area (Å²) in [6, 6.07) is 5.11. The van der Waals surface area contributed by atoms with Crippen LogP contribution in [-0.4, -0.2) is 55.8 Å². The van der Waals surface area contributed by atoms with Crippen molar-refractivity contribution < 1.29 is 22.7 Å². The molecular weight excluding hydrogens is 437 g/mol. The molecule has 1 aliphatic heterocycles. The molecule has 0 spiro atoms. The van der Waals surface area contributed by atoms with E-state index in [1.54, 1.807) is 28.7 Å². The molecule has 31 heavy (non-hydrogen) atoms. The standard InChI is InChI=1S/C19H18ClF3N6O2/c1-31-10-9-28-8-6-16(25-28)29-15-5-7-27(11-14(15)24-26-29)18(30)12-3-2-4-13(17(12)20)19(21,22)23/h2-4,6,8H,5,7,9-11H2,1H3. The Balaban J connectivity index is 1.54. The number of nitrogens with zero attached hydrogens (tertiary/aromatic N) is 6. The van der Waals surface area contributed by atoms with E-state index in [9.17, 15) is 18.0 Å². The third kappa shape index (κ3) is 4.15. The molecule has 0 bridgehead atoms. The number of methoxy groups -OCH3 is 1. The van der Waals surface area contributed by atoms with Crippen molar-refractivity contribution in [2.75, 3.05) is 20.3 Å². The van der Waals surface area contributed by atoms with E-state index in [2.05, 4.69) is 15.4 Å². The van der Waals surface area contributed by atoms with Crippen LogP contribution in [0.2, 0.25) is 5.02 Å². The Morgan fingerprint density at radius 3 is 2.84 bits per heavy atom. The third-order valence-corrected chi connectivity index (χ3v) is 5.40. The highest BCUT2D eigenvalue weighted by Crippen LogP contribution is 2.36. The van der Waals surface area contributed by atoms with Crippen LogP contribution in [0.25, 0.3) is 5.82 Å². The summed E-state index contributed by atoms with van der Waals surface area (Å²) < 4.78 is 47.7. The zero-order chi connectivity index (χ0) is 22.2. The van der Waals surface area contributed by atoms with Gasteiger partial charge in [-0.3, -0.25) is 9.48 Å². The third-order valence-electron chi connectivity index (χ3n) is 4.99. The molecule has 1 amide bonds. The Bertz CT molecular complexity index is 1110. The average molecular weight is 455 g/mol. The number of carbonyl (C=O) groups excluding carboxylic acids is 1. The number of fused-ring (bicyclic) bond motifs is 1. The number of alkyl halides is 3. The van der Waals surface area contributed by atoms with Gasteiger partial charge < -0.3 is 9.64 Å². The van der Waals surface area contributed by atoms with E-state index >= 15 is 0 Å². The Hall–Kier alpha value is -2.92. The number of halogens is 4. The summed E-state index contributed by atoms with van der Waals surface area (Å²) >= 11 is 5.91. The fourth-order valence-corrected chi connectivity index (χ4v) is 3.74. The number of amides is 1. The van der Waals surface area contributed by atoms with Crippen LogP contribution in [-0.2, 0) is 30.4 Å². The first-order chi connectivity index (χ1) is 14.8. The summed E-state index contributed by atoms with van der Waals surface area (Å²) in [4.78, 5) is 14.3. The van der Waals surface area contributed by atoms with Gasteiger partial charge in [-0.2, -0.15) is 23.0 Å². The van der Waals surface area contributed by atoms with E-state index in [-0.39, 0.29) is 18.7 Å². The SMILES string of the molecule is COCCn1ccc(-n2nnc3c2CCN(C(=O)c2cccc(C(F)(F)F)c2Cl)C3)n1. The second-order valence-electron chi connectivity index (χ2n) is 6.97. The zero-order valence-electron chi connectivity index (χ0n) is 16.4. The van der Waals surface area contributed by atoms with Crippen LogP contribution in [0.4, 0.5) is 13.2 Å². The predicted octanol–water partition coefficient (Wildman–Crippen LogP) is 2.98. The van der Waals surface area contributed by atoms with Crippen LogP contribution in [0.3, 0.4) is 0 Å². The van der Waals surface area contributed by atoms with Crippen LogP contribution in [0.15, 0.2) is 30.5 Å². The normalized spacial score (nSPS) is 14.0. The van der Waals surface area contributed by atoms with Crippen molar-refractivity contribution in [1.29, 1.82) is 0 Å². The van der Waals surface area contributed by atoms with E-state index in [4.69, 9.17) is 16.3 Å². The monoisotopic (exact) mass is 454 g/mol. The lowest BCUT2D eigenvalue weighted by molar-refractivity contribution is -0.137. The molecule has 0 N–H and O–H groups in total. The fraction of sp³-hybridized carbons (Fsp3) is 0.368. The maximum atomic E-state index is 13.1. The number of hydrogen-bond acceptors (Lipinski definition) is 5. The van der Waals surface area contributed by atoms with Crippen molar-refractivity contribution in [1.82, 2.24) is 29.7 Å². The van der Waals surface area contributed by atoms with E-state index in [0.29, 0.717) is 31.1 Å². The Labute approximate surface area is 180 Å². The number of ether oxygens (including phenoxy) is 1. The lowest BCUT2D eigenvalue weighted by atomic mass is 10.1. The maximum absolute atomic E-state index is 13.1. The van der Waals surface area contributed by atoms with E-state index in [0.717, 1.165) is 11.8 Å². The van der Waals surface area contributed by atoms with Gasteiger partial charge in [-0.25, -0.2) is 0 Å². The number of benzene rings is 1. The summed E-state index contributed by atoms with van der Waals surface area (Å²) in [5.74, 6) is 0.00527. The summed E-state index contributed by atoms with van der Waals surface area (Å²) in [5.41, 5.74) is 0.141. The van der Waals surface area contributed by atoms with E-state index in [1.165, 1.54) is 17.0 Å². The zero-order valence-corrected chi connectivity index (χ0v) is 17.2. The van der Waals surface area contributed by atoms with Crippen LogP contribution in [0, 0.1) is 0 Å². The topological polar surface area (TPSA) is 78.1 Å². The Morgan fingerprint density at radius 2 is 2.10 bits per heavy atom. The van der Waals surface area contributed by atoms with Gasteiger partial charge in [-0.05, 0) is 12.1 Å². The van der Waals surface area contributed by atoms with Crippen LogP contribution < -0.4 is 0 Å². The summed E-state index contributed by atoms with van der Waals surface area (Å²) in [6.07, 6.45) is -2.41. The Kier molecular flexibility index (Phi) is 5.71. The molecule has 0 atom stereocenters. The molecular formula is C19H18ClF3N6O2. The Morgan fingerprint density at radius 1 is 1.29 bits per heavy atom.